The molecule has 3 heterocycles. The van der Waals surface area contributed by atoms with Crippen molar-refractivity contribution in [1.82, 2.24) is 20.2 Å². The fourth-order valence-electron chi connectivity index (χ4n) is 4.05. The van der Waals surface area contributed by atoms with Gasteiger partial charge in [0.05, 0.1) is 6.54 Å². The first-order valence-electron chi connectivity index (χ1n) is 10.4. The first-order valence-corrected chi connectivity index (χ1v) is 10.4. The number of benzene rings is 1. The number of hydrogen-bond acceptors (Lipinski definition) is 5. The molecule has 0 saturated carbocycles. The van der Waals surface area contributed by atoms with Gasteiger partial charge in [-0.25, -0.2) is 9.97 Å². The van der Waals surface area contributed by atoms with Crippen molar-refractivity contribution in [2.75, 3.05) is 37.6 Å². The Hall–Kier alpha value is -2.47. The average molecular weight is 380 g/mol. The van der Waals surface area contributed by atoms with Crippen LogP contribution in [0.4, 0.5) is 5.82 Å². The number of piperidine rings is 1. The highest BCUT2D eigenvalue weighted by Crippen LogP contribution is 2.23. The van der Waals surface area contributed by atoms with E-state index in [0.29, 0.717) is 12.6 Å². The van der Waals surface area contributed by atoms with E-state index in [9.17, 15) is 4.79 Å². The van der Waals surface area contributed by atoms with Gasteiger partial charge >= 0.3 is 0 Å². The number of aryl methyl sites for hydroxylation is 1. The van der Waals surface area contributed by atoms with E-state index in [1.165, 1.54) is 0 Å². The van der Waals surface area contributed by atoms with Crippen LogP contribution in [0.1, 0.15) is 31.4 Å². The summed E-state index contributed by atoms with van der Waals surface area (Å²) in [7, 11) is 0. The second-order valence-corrected chi connectivity index (χ2v) is 7.79. The molecule has 0 radical (unpaired) electrons. The number of amides is 1. The lowest BCUT2D eigenvalue weighted by atomic mass is 10.0. The standard InChI is InChI=1S/C22H29N5O/c1-17-15-20(25-22(24-17)18-7-3-2-4-8-18)26-13-9-19(10-14-26)23-16-21(28)27-11-5-6-12-27/h2-4,7-8,15,19,23H,5-6,9-14,16H2,1H3. The van der Waals surface area contributed by atoms with E-state index >= 15 is 0 Å². The maximum atomic E-state index is 12.2. The molecule has 0 spiro atoms. The van der Waals surface area contributed by atoms with Crippen LogP contribution in [0.3, 0.4) is 0 Å². The number of likely N-dealkylation sites (tertiary alicyclic amines) is 1. The number of aromatic nitrogens is 2. The highest BCUT2D eigenvalue weighted by Gasteiger charge is 2.23. The van der Waals surface area contributed by atoms with Gasteiger partial charge in [0.2, 0.25) is 5.91 Å². The van der Waals surface area contributed by atoms with Gasteiger partial charge in [-0.1, -0.05) is 30.3 Å². The number of rotatable bonds is 5. The predicted octanol–water partition coefficient (Wildman–Crippen LogP) is 2.63. The van der Waals surface area contributed by atoms with Gasteiger partial charge < -0.3 is 15.1 Å². The second-order valence-electron chi connectivity index (χ2n) is 7.79. The number of anilines is 1. The molecule has 0 atom stereocenters. The van der Waals surface area contributed by atoms with Gasteiger partial charge in [0.1, 0.15) is 5.82 Å². The fourth-order valence-corrected chi connectivity index (χ4v) is 4.05. The lowest BCUT2D eigenvalue weighted by Crippen LogP contribution is -2.46. The molecule has 1 amide bonds. The average Bonchev–Trinajstić information content (AvgIpc) is 3.28. The molecule has 0 bridgehead atoms. The van der Waals surface area contributed by atoms with E-state index in [1.807, 2.05) is 42.2 Å². The fraction of sp³-hybridized carbons (Fsp3) is 0.500. The van der Waals surface area contributed by atoms with Gasteiger partial charge in [-0.2, -0.15) is 0 Å². The van der Waals surface area contributed by atoms with Crippen LogP contribution in [0.25, 0.3) is 11.4 Å². The van der Waals surface area contributed by atoms with Crippen LogP contribution >= 0.6 is 0 Å². The summed E-state index contributed by atoms with van der Waals surface area (Å²) in [6, 6.07) is 12.6. The molecule has 6 nitrogen and oxygen atoms in total. The number of carbonyl (C=O) groups is 1. The van der Waals surface area contributed by atoms with E-state index in [1.54, 1.807) is 0 Å². The Morgan fingerprint density at radius 3 is 2.50 bits per heavy atom. The third-order valence-corrected chi connectivity index (χ3v) is 5.69. The summed E-state index contributed by atoms with van der Waals surface area (Å²) in [5, 5.41) is 3.47. The largest absolute Gasteiger partial charge is 0.356 e. The summed E-state index contributed by atoms with van der Waals surface area (Å²) < 4.78 is 0. The molecular formula is C22H29N5O. The van der Waals surface area contributed by atoms with Crippen molar-refractivity contribution in [3.63, 3.8) is 0 Å². The van der Waals surface area contributed by atoms with Crippen molar-refractivity contribution in [3.05, 3.63) is 42.1 Å². The van der Waals surface area contributed by atoms with Crippen molar-refractivity contribution < 1.29 is 4.79 Å². The molecule has 6 heteroatoms. The SMILES string of the molecule is Cc1cc(N2CCC(NCC(=O)N3CCCC3)CC2)nc(-c2ccccc2)n1. The Labute approximate surface area is 167 Å². The molecule has 1 aromatic heterocycles. The van der Waals surface area contributed by atoms with E-state index in [-0.39, 0.29) is 5.91 Å². The summed E-state index contributed by atoms with van der Waals surface area (Å²) in [5.74, 6) is 2.03. The Morgan fingerprint density at radius 1 is 1.07 bits per heavy atom. The first kappa shape index (κ1) is 18.9. The van der Waals surface area contributed by atoms with Crippen LogP contribution in [0.2, 0.25) is 0 Å². The molecule has 2 saturated heterocycles. The van der Waals surface area contributed by atoms with Crippen molar-refractivity contribution >= 4 is 11.7 Å². The van der Waals surface area contributed by atoms with Gasteiger partial charge in [0.15, 0.2) is 5.82 Å². The Kier molecular flexibility index (Phi) is 5.86. The third kappa shape index (κ3) is 4.50. The van der Waals surface area contributed by atoms with E-state index < -0.39 is 0 Å². The molecule has 1 N–H and O–H groups in total. The van der Waals surface area contributed by atoms with Crippen LogP contribution in [-0.4, -0.2) is 59.5 Å². The zero-order valence-electron chi connectivity index (χ0n) is 16.6. The zero-order valence-corrected chi connectivity index (χ0v) is 16.6. The molecular weight excluding hydrogens is 350 g/mol. The molecule has 0 unspecified atom stereocenters. The van der Waals surface area contributed by atoms with Crippen LogP contribution < -0.4 is 10.2 Å². The quantitative estimate of drug-likeness (QED) is 0.865. The first-order chi connectivity index (χ1) is 13.7. The molecule has 2 aromatic rings. The number of nitrogens with zero attached hydrogens (tertiary/aromatic N) is 4. The van der Waals surface area contributed by atoms with Crippen molar-refractivity contribution in [2.24, 2.45) is 0 Å². The van der Waals surface area contributed by atoms with Gasteiger partial charge in [0, 0.05) is 49.5 Å². The minimum absolute atomic E-state index is 0.249. The molecule has 2 aliphatic rings. The van der Waals surface area contributed by atoms with Crippen LogP contribution in [0.15, 0.2) is 36.4 Å². The molecule has 28 heavy (non-hydrogen) atoms. The molecule has 4 rings (SSSR count). The van der Waals surface area contributed by atoms with E-state index in [2.05, 4.69) is 21.3 Å². The Morgan fingerprint density at radius 2 is 1.79 bits per heavy atom. The number of nitrogens with one attached hydrogen (secondary N) is 1. The maximum absolute atomic E-state index is 12.2. The summed E-state index contributed by atoms with van der Waals surface area (Å²) in [4.78, 5) is 26.0. The summed E-state index contributed by atoms with van der Waals surface area (Å²) in [6.45, 7) is 6.23. The summed E-state index contributed by atoms with van der Waals surface area (Å²) in [5.41, 5.74) is 2.03. The van der Waals surface area contributed by atoms with Crippen LogP contribution in [0, 0.1) is 6.92 Å². The molecule has 148 valence electrons. The normalized spacial score (nSPS) is 17.9. The number of hydrogen-bond donors (Lipinski definition) is 1. The smallest absolute Gasteiger partial charge is 0.236 e. The second kappa shape index (κ2) is 8.69. The Bertz CT molecular complexity index is 796. The van der Waals surface area contributed by atoms with Crippen molar-refractivity contribution in [3.8, 4) is 11.4 Å². The molecule has 0 aliphatic carbocycles. The topological polar surface area (TPSA) is 61.4 Å². The monoisotopic (exact) mass is 379 g/mol. The van der Waals surface area contributed by atoms with Gasteiger partial charge in [-0.05, 0) is 32.6 Å². The molecule has 2 fully saturated rings. The van der Waals surface area contributed by atoms with Gasteiger partial charge in [-0.3, -0.25) is 4.79 Å². The minimum Gasteiger partial charge on any atom is -0.356 e. The minimum atomic E-state index is 0.249. The highest BCUT2D eigenvalue weighted by molar-refractivity contribution is 5.78. The third-order valence-electron chi connectivity index (χ3n) is 5.69. The van der Waals surface area contributed by atoms with E-state index in [4.69, 9.17) is 4.98 Å². The molecule has 1 aromatic carbocycles. The highest BCUT2D eigenvalue weighted by atomic mass is 16.2. The predicted molar refractivity (Wildman–Crippen MR) is 111 cm³/mol. The lowest BCUT2D eigenvalue weighted by Gasteiger charge is -2.33. The van der Waals surface area contributed by atoms with Crippen LogP contribution in [-0.2, 0) is 4.79 Å². The van der Waals surface area contributed by atoms with Gasteiger partial charge in [0.25, 0.3) is 0 Å². The lowest BCUT2D eigenvalue weighted by molar-refractivity contribution is -0.129. The molecule has 2 aliphatic heterocycles. The Balaban J connectivity index is 1.33. The van der Waals surface area contributed by atoms with E-state index in [0.717, 1.165) is 74.8 Å². The van der Waals surface area contributed by atoms with Crippen molar-refractivity contribution in [2.45, 2.75) is 38.6 Å². The summed E-state index contributed by atoms with van der Waals surface area (Å²) in [6.07, 6.45) is 4.34. The summed E-state index contributed by atoms with van der Waals surface area (Å²) >= 11 is 0. The number of carbonyl (C=O) groups excluding carboxylic acids is 1. The zero-order chi connectivity index (χ0) is 19.3. The van der Waals surface area contributed by atoms with Crippen molar-refractivity contribution in [1.29, 1.82) is 0 Å². The maximum Gasteiger partial charge on any atom is 0.236 e. The van der Waals surface area contributed by atoms with Crippen LogP contribution in [0.5, 0.6) is 0 Å². The van der Waals surface area contributed by atoms with Gasteiger partial charge in [-0.15, -0.1) is 0 Å².